The maximum Gasteiger partial charge on any atom is 1.00 e. The molecule has 0 aliphatic heterocycles. The Morgan fingerprint density at radius 2 is 2.11 bits per heavy atom. The van der Waals surface area contributed by atoms with Crippen molar-refractivity contribution in [2.75, 3.05) is 7.11 Å². The molecule has 0 saturated heterocycles. The molecule has 0 radical (unpaired) electrons. The van der Waals surface area contributed by atoms with Crippen LogP contribution in [-0.4, -0.2) is 13.1 Å². The number of carbonyl (C=O) groups is 1. The van der Waals surface area contributed by atoms with Crippen LogP contribution in [0.2, 0.25) is 0 Å². The molecule has 0 aromatic rings. The Balaban J connectivity index is 0. The number of rotatable bonds is 3. The van der Waals surface area contributed by atoms with E-state index in [9.17, 15) is 9.90 Å². The van der Waals surface area contributed by atoms with Gasteiger partial charge in [-0.1, -0.05) is 6.58 Å². The van der Waals surface area contributed by atoms with Crippen molar-refractivity contribution >= 4 is 5.97 Å². The van der Waals surface area contributed by atoms with Crippen LogP contribution >= 0.6 is 0 Å². The van der Waals surface area contributed by atoms with Crippen molar-refractivity contribution in [3.63, 3.8) is 0 Å². The molecular weight excluding hydrogens is 151 g/mol. The molecule has 0 aliphatic carbocycles. The van der Waals surface area contributed by atoms with E-state index in [0.29, 0.717) is 0 Å². The quantitative estimate of drug-likeness (QED) is 0.137. The van der Waals surface area contributed by atoms with Crippen molar-refractivity contribution < 1.29 is 71.1 Å². The smallest absolute Gasteiger partial charge is 0.541 e. The van der Waals surface area contributed by atoms with Gasteiger partial charge in [-0.25, -0.2) is 0 Å². The molecule has 0 aromatic heterocycles. The van der Waals surface area contributed by atoms with Crippen molar-refractivity contribution in [2.24, 2.45) is 0 Å². The van der Waals surface area contributed by atoms with E-state index in [0.717, 1.165) is 0 Å². The first-order chi connectivity index (χ1) is 3.68. The van der Waals surface area contributed by atoms with E-state index < -0.39 is 11.7 Å². The van der Waals surface area contributed by atoms with Gasteiger partial charge >= 0.3 is 51.4 Å². The van der Waals surface area contributed by atoms with E-state index in [1.165, 1.54) is 7.11 Å². The average molecular weight is 156 g/mol. The van der Waals surface area contributed by atoms with E-state index in [4.69, 9.17) is 0 Å². The van der Waals surface area contributed by atoms with Gasteiger partial charge in [-0.15, -0.1) is 0 Å². The van der Waals surface area contributed by atoms with Crippen LogP contribution in [0, 0.1) is 0 Å². The van der Waals surface area contributed by atoms with Gasteiger partial charge in [-0.05, 0) is 0 Å². The zero-order chi connectivity index (χ0) is 6.57. The van der Waals surface area contributed by atoms with Crippen LogP contribution in [0.4, 0.5) is 0 Å². The predicted octanol–water partition coefficient (Wildman–Crippen LogP) is -4.17. The standard InChI is InChI=1S/C4H6O4.K/c1-3(4(5)6)8-7-2;/h1H2,2H3,(H,5,6);/q;+1/p-1. The van der Waals surface area contributed by atoms with Crippen molar-refractivity contribution in [2.45, 2.75) is 0 Å². The normalized spacial score (nSPS) is 7.22. The second-order valence-corrected chi connectivity index (χ2v) is 0.961. The summed E-state index contributed by atoms with van der Waals surface area (Å²) in [6, 6.07) is 0. The minimum absolute atomic E-state index is 0. The summed E-state index contributed by atoms with van der Waals surface area (Å²) in [6.45, 7) is 2.93. The van der Waals surface area contributed by atoms with E-state index in [1.54, 1.807) is 0 Å². The number of carbonyl (C=O) groups excluding carboxylic acids is 1. The fraction of sp³-hybridized carbons (Fsp3) is 0.250. The number of hydrogen-bond donors (Lipinski definition) is 0. The fourth-order valence-corrected chi connectivity index (χ4v) is 0.135. The van der Waals surface area contributed by atoms with Gasteiger partial charge in [-0.3, -0.25) is 0 Å². The van der Waals surface area contributed by atoms with Crippen molar-refractivity contribution in [3.8, 4) is 0 Å². The van der Waals surface area contributed by atoms with E-state index in [1.807, 2.05) is 0 Å². The molecule has 0 spiro atoms. The third kappa shape index (κ3) is 6.49. The summed E-state index contributed by atoms with van der Waals surface area (Å²) in [4.78, 5) is 17.6. The molecule has 0 N–H and O–H groups in total. The molecule has 0 fully saturated rings. The second-order valence-electron chi connectivity index (χ2n) is 0.961. The molecular formula is C4H5KO4. The van der Waals surface area contributed by atoms with Gasteiger partial charge in [0, 0.05) is 0 Å². The largest absolute Gasteiger partial charge is 1.00 e. The molecule has 9 heavy (non-hydrogen) atoms. The molecule has 46 valence electrons. The first-order valence-electron chi connectivity index (χ1n) is 1.79. The van der Waals surface area contributed by atoms with Crippen LogP contribution in [-0.2, 0) is 14.6 Å². The Hall–Kier alpha value is 0.606. The van der Waals surface area contributed by atoms with E-state index in [-0.39, 0.29) is 51.4 Å². The Morgan fingerprint density at radius 3 is 2.22 bits per heavy atom. The van der Waals surface area contributed by atoms with E-state index >= 15 is 0 Å². The zero-order valence-corrected chi connectivity index (χ0v) is 8.46. The van der Waals surface area contributed by atoms with Crippen LogP contribution in [0.25, 0.3) is 0 Å². The number of carboxylic acids is 1. The summed E-state index contributed by atoms with van der Waals surface area (Å²) in [7, 11) is 1.17. The maximum atomic E-state index is 9.67. The van der Waals surface area contributed by atoms with Gasteiger partial charge in [0.2, 0.25) is 0 Å². The first-order valence-corrected chi connectivity index (χ1v) is 1.79. The summed E-state index contributed by atoms with van der Waals surface area (Å²) < 4.78 is 0. The predicted molar refractivity (Wildman–Crippen MR) is 22.2 cm³/mol. The summed E-state index contributed by atoms with van der Waals surface area (Å²) in [6.07, 6.45) is 0. The zero-order valence-electron chi connectivity index (χ0n) is 5.34. The van der Waals surface area contributed by atoms with Crippen LogP contribution in [0.15, 0.2) is 12.3 Å². The van der Waals surface area contributed by atoms with Crippen molar-refractivity contribution in [1.82, 2.24) is 0 Å². The van der Waals surface area contributed by atoms with Crippen LogP contribution in [0.5, 0.6) is 0 Å². The maximum absolute atomic E-state index is 9.67. The average Bonchev–Trinajstić information content (AvgIpc) is 1.67. The molecule has 0 aromatic carbocycles. The Bertz CT molecular complexity index is 111. The van der Waals surface area contributed by atoms with Crippen LogP contribution < -0.4 is 56.5 Å². The van der Waals surface area contributed by atoms with Gasteiger partial charge in [0.05, 0.1) is 7.11 Å². The monoisotopic (exact) mass is 156 g/mol. The number of carboxylic acid groups (broad SMARTS) is 1. The van der Waals surface area contributed by atoms with Gasteiger partial charge < -0.3 is 14.8 Å². The molecule has 0 bridgehead atoms. The Labute approximate surface area is 95.2 Å². The molecule has 5 heteroatoms. The molecule has 0 amide bonds. The SMILES string of the molecule is C=C(OOC)C(=O)[O-].[K+]. The Morgan fingerprint density at radius 1 is 1.67 bits per heavy atom. The minimum atomic E-state index is -1.48. The van der Waals surface area contributed by atoms with E-state index in [2.05, 4.69) is 16.4 Å². The van der Waals surface area contributed by atoms with Crippen LogP contribution in [0.1, 0.15) is 0 Å². The minimum Gasteiger partial charge on any atom is -0.541 e. The van der Waals surface area contributed by atoms with Crippen molar-refractivity contribution in [1.29, 1.82) is 0 Å². The molecule has 0 saturated carbocycles. The van der Waals surface area contributed by atoms with Gasteiger partial charge in [-0.2, -0.15) is 4.89 Å². The number of hydrogen-bond acceptors (Lipinski definition) is 4. The molecule has 0 rings (SSSR count). The van der Waals surface area contributed by atoms with Crippen LogP contribution in [0.3, 0.4) is 0 Å². The summed E-state index contributed by atoms with van der Waals surface area (Å²) in [5.74, 6) is -2.01. The topological polar surface area (TPSA) is 58.6 Å². The molecule has 4 nitrogen and oxygen atoms in total. The molecule has 0 aliphatic rings. The Kier molecular flexibility index (Phi) is 9.19. The first kappa shape index (κ1) is 12.3. The van der Waals surface area contributed by atoms with Gasteiger partial charge in [0.1, 0.15) is 5.97 Å². The second kappa shape index (κ2) is 6.72. The number of aliphatic carboxylic acids is 1. The summed E-state index contributed by atoms with van der Waals surface area (Å²) in [5, 5.41) is 9.67. The van der Waals surface area contributed by atoms with Gasteiger partial charge in [0.15, 0.2) is 5.76 Å². The fourth-order valence-electron chi connectivity index (χ4n) is 0.135. The third-order valence-electron chi connectivity index (χ3n) is 0.412. The van der Waals surface area contributed by atoms with Gasteiger partial charge in [0.25, 0.3) is 0 Å². The summed E-state index contributed by atoms with van der Waals surface area (Å²) in [5.41, 5.74) is 0. The summed E-state index contributed by atoms with van der Waals surface area (Å²) >= 11 is 0. The van der Waals surface area contributed by atoms with Crippen molar-refractivity contribution in [3.05, 3.63) is 12.3 Å². The molecule has 0 atom stereocenters. The molecule has 0 unspecified atom stereocenters. The third-order valence-corrected chi connectivity index (χ3v) is 0.412. The molecule has 0 heterocycles.